The summed E-state index contributed by atoms with van der Waals surface area (Å²) in [4.78, 5) is 0. The van der Waals surface area contributed by atoms with Crippen molar-refractivity contribution in [3.8, 4) is 0 Å². The zero-order chi connectivity index (χ0) is 86.1. The average molecular weight is 1710 g/mol. The Morgan fingerprint density at radius 3 is 0.625 bits per heavy atom. The van der Waals surface area contributed by atoms with E-state index in [4.69, 9.17) is 0 Å². The van der Waals surface area contributed by atoms with Crippen LogP contribution in [0.4, 0.5) is 0 Å². The van der Waals surface area contributed by atoms with Crippen LogP contribution in [-0.2, 0) is 40.1 Å². The van der Waals surface area contributed by atoms with Gasteiger partial charge in [-0.25, -0.2) is 4.70 Å². The van der Waals surface area contributed by atoms with E-state index in [0.29, 0.717) is 0 Å². The Kier molecular flexibility index (Phi) is 86.8. The first-order valence-electron chi connectivity index (χ1n) is 55.8. The number of nitrogens with zero attached hydrogens (tertiary/aromatic N) is 2. The summed E-state index contributed by atoms with van der Waals surface area (Å²) in [5, 5.41) is 2.87. The maximum atomic E-state index is 12.8. The summed E-state index contributed by atoms with van der Waals surface area (Å²) < 4.78 is 1.66. The van der Waals surface area contributed by atoms with Crippen LogP contribution in [0.5, 0.6) is 0 Å². The van der Waals surface area contributed by atoms with Crippen molar-refractivity contribution in [2.24, 2.45) is 0 Å². The fourth-order valence-corrected chi connectivity index (χ4v) is 20.1. The summed E-state index contributed by atoms with van der Waals surface area (Å²) in [6, 6.07) is 14.7. The molecular formula is C117H214N2Ni. The molecule has 120 heavy (non-hydrogen) atoms. The van der Waals surface area contributed by atoms with Gasteiger partial charge in [-0.2, -0.15) is 0 Å². The van der Waals surface area contributed by atoms with Gasteiger partial charge in [0.1, 0.15) is 0 Å². The molecule has 1 aliphatic heterocycles. The van der Waals surface area contributed by atoms with Gasteiger partial charge in [0, 0.05) is 16.7 Å². The molecule has 0 atom stereocenters. The summed E-state index contributed by atoms with van der Waals surface area (Å²) in [5.74, 6) is 0. The number of rotatable bonds is 94. The second kappa shape index (κ2) is 91.5. The fraction of sp³-hybridized carbons (Fsp3) is 0.846. The maximum absolute atomic E-state index is 12.8. The molecule has 0 fully saturated rings. The van der Waals surface area contributed by atoms with Crippen molar-refractivity contribution in [3.05, 3.63) is 98.6 Å². The number of unbranched alkanes of at least 4 members (excludes halogenated alkanes) is 76. The van der Waals surface area contributed by atoms with Crippen molar-refractivity contribution in [1.82, 2.24) is 0 Å². The number of allylic oxidation sites excluding steroid dienone is 4. The number of hydrogen-bond donors (Lipinski definition) is 0. The monoisotopic (exact) mass is 1710 g/mol. The molecule has 1 heterocycles. The predicted octanol–water partition coefficient (Wildman–Crippen LogP) is 42.8. The molecule has 3 heteroatoms. The molecule has 2 aromatic carbocycles. The van der Waals surface area contributed by atoms with Crippen LogP contribution in [0.2, 0.25) is 10.8 Å². The minimum absolute atomic E-state index is 0.982. The standard InChI is InChI=1S/C63H104N2.2C27H55.Ni/c1-7-13-19-20-21-22-23-24-25-26-27-28-29-30-31-32-33-34-35-36-41-47-61-60(46-18-12-6)62(58-50-54(42-37-14-8-2)48-55(51-58)43-38-15-9-3)65(64)63(61)59-52-56(44-39-16-10-4)49-57(53-59)45-40-17-11-5;2*1-3-5-7-9-11-13-15-17-19-21-23-25-27-26-24-22-20-18-16-14-12-10-8-6-4-2;/h41,47-53H,7-40,42-46H2,1-6H3;2*1,3-27H2,2H3;. The summed E-state index contributed by atoms with van der Waals surface area (Å²) in [6.07, 6.45) is 130. The topological polar surface area (TPSA) is 25.3 Å². The quantitative estimate of drug-likeness (QED) is 0.0358. The molecule has 0 bridgehead atoms. The molecule has 0 aromatic heterocycles. The molecule has 0 N–H and O–H groups in total. The molecule has 2 nitrogen and oxygen atoms in total. The van der Waals surface area contributed by atoms with Gasteiger partial charge in [0.15, 0.2) is 0 Å². The van der Waals surface area contributed by atoms with E-state index in [1.807, 2.05) is 0 Å². The molecule has 0 aliphatic carbocycles. The molecule has 3 rings (SSSR count). The normalized spacial score (nSPS) is 12.5. The van der Waals surface area contributed by atoms with Crippen molar-refractivity contribution >= 4 is 11.4 Å². The predicted molar refractivity (Wildman–Crippen MR) is 542 cm³/mol. The fourth-order valence-electron chi connectivity index (χ4n) is 18.9. The zero-order valence-electron chi connectivity index (χ0n) is 83.2. The first-order valence-corrected chi connectivity index (χ1v) is 57.2. The summed E-state index contributed by atoms with van der Waals surface area (Å²) in [5.41, 5.74) is 25.5. The summed E-state index contributed by atoms with van der Waals surface area (Å²) in [6.45, 7) is 18.5. The minimum Gasteiger partial charge on any atom is -0.0654 e. The van der Waals surface area contributed by atoms with E-state index < -0.39 is 0 Å². The van der Waals surface area contributed by atoms with Gasteiger partial charge in [-0.05, 0) is 124 Å². The SMILES string of the molecule is CCCCCCCCCCCCCCCCCCCCCC=CC1=C(c2cc(CCCCC)cc(CCCCC)c2)[N+](=[N-])C(c2cc(CCCCC)cc(CCCCC)c2)=C1CCCC.CCCCCCCCCCCCCCCCCCCCCCCCCC[CH2][Ni][CH2]CCCCCCCCCCCCCCCCCCCCCCCCCC. The Morgan fingerprint density at radius 1 is 0.208 bits per heavy atom. The van der Waals surface area contributed by atoms with E-state index in [9.17, 15) is 5.53 Å². The number of aryl methyl sites for hydroxylation is 4. The Balaban J connectivity index is 0.000000826. The van der Waals surface area contributed by atoms with E-state index >= 15 is 0 Å². The van der Waals surface area contributed by atoms with Crippen molar-refractivity contribution < 1.29 is 19.1 Å². The Labute approximate surface area is 761 Å². The third kappa shape index (κ3) is 68.9. The molecule has 0 saturated heterocycles. The molecule has 702 valence electrons. The minimum atomic E-state index is 0.982. The average Bonchev–Trinajstić information content (AvgIpc) is 1.60. The Bertz CT molecular complexity index is 2450. The molecule has 0 spiro atoms. The summed E-state index contributed by atoms with van der Waals surface area (Å²) >= 11 is 2.05. The van der Waals surface area contributed by atoms with Crippen molar-refractivity contribution in [1.29, 1.82) is 0 Å². The third-order valence-electron chi connectivity index (χ3n) is 26.9. The van der Waals surface area contributed by atoms with Gasteiger partial charge in [-0.3, -0.25) is 0 Å². The van der Waals surface area contributed by atoms with Crippen molar-refractivity contribution in [3.63, 3.8) is 0 Å². The molecule has 1 aliphatic rings. The van der Waals surface area contributed by atoms with Gasteiger partial charge in [-0.15, -0.1) is 0 Å². The first-order chi connectivity index (χ1) is 59.4. The van der Waals surface area contributed by atoms with E-state index in [1.165, 1.54) is 575 Å². The second-order valence-corrected chi connectivity index (χ2v) is 40.4. The molecule has 0 radical (unpaired) electrons. The molecule has 0 unspecified atom stereocenters. The summed E-state index contributed by atoms with van der Waals surface area (Å²) in [7, 11) is 0. The van der Waals surface area contributed by atoms with Gasteiger partial charge < -0.3 is 5.53 Å². The van der Waals surface area contributed by atoms with Gasteiger partial charge in [0.05, 0.1) is 5.57 Å². The van der Waals surface area contributed by atoms with Crippen LogP contribution in [0.25, 0.3) is 16.9 Å². The molecule has 2 aromatic rings. The second-order valence-electron chi connectivity index (χ2n) is 38.9. The number of benzene rings is 2. The molecule has 0 amide bonds. The van der Waals surface area contributed by atoms with Gasteiger partial charge in [-0.1, -0.05) is 433 Å². The van der Waals surface area contributed by atoms with Gasteiger partial charge in [0.25, 0.3) is 0 Å². The number of hydrogen-bond acceptors (Lipinski definition) is 0. The van der Waals surface area contributed by atoms with E-state index in [-0.39, 0.29) is 0 Å². The first kappa shape index (κ1) is 114. The van der Waals surface area contributed by atoms with E-state index in [2.05, 4.69) is 118 Å². The smallest absolute Gasteiger partial charge is 0.0654 e. The van der Waals surface area contributed by atoms with Crippen LogP contribution in [0, 0.1) is 0 Å². The van der Waals surface area contributed by atoms with Crippen LogP contribution >= 0.6 is 0 Å². The van der Waals surface area contributed by atoms with E-state index in [1.54, 1.807) is 4.70 Å². The van der Waals surface area contributed by atoms with Crippen LogP contribution in [0.1, 0.15) is 635 Å². The molecular weight excluding hydrogens is 1490 g/mol. The van der Waals surface area contributed by atoms with Crippen LogP contribution in [-0.4, -0.2) is 4.70 Å². The van der Waals surface area contributed by atoms with Gasteiger partial charge in [0.2, 0.25) is 11.4 Å². The Hall–Kier alpha value is -2.25. The van der Waals surface area contributed by atoms with E-state index in [0.717, 1.165) is 62.8 Å². The third-order valence-corrected chi connectivity index (χ3v) is 28.3. The van der Waals surface area contributed by atoms with Gasteiger partial charge >= 0.3 is 166 Å². The molecule has 0 saturated carbocycles. The van der Waals surface area contributed by atoms with Crippen LogP contribution < -0.4 is 0 Å². The van der Waals surface area contributed by atoms with Crippen molar-refractivity contribution in [2.45, 2.75) is 638 Å². The van der Waals surface area contributed by atoms with Crippen LogP contribution in [0.3, 0.4) is 0 Å². The van der Waals surface area contributed by atoms with Crippen LogP contribution in [0.15, 0.2) is 59.7 Å². The zero-order valence-corrected chi connectivity index (χ0v) is 84.2. The Morgan fingerprint density at radius 2 is 0.400 bits per heavy atom. The van der Waals surface area contributed by atoms with Crippen molar-refractivity contribution in [2.75, 3.05) is 0 Å².